The maximum atomic E-state index is 12.4. The summed E-state index contributed by atoms with van der Waals surface area (Å²) in [5.74, 6) is 0.684. The number of benzene rings is 2. The summed E-state index contributed by atoms with van der Waals surface area (Å²) in [5, 5.41) is 3.02. The average molecular weight is 348 g/mol. The Morgan fingerprint density at radius 1 is 1.19 bits per heavy atom. The second-order valence-corrected chi connectivity index (χ2v) is 5.70. The normalized spacial score (nSPS) is 11.8. The van der Waals surface area contributed by atoms with Crippen molar-refractivity contribution in [2.75, 3.05) is 7.11 Å². The first kappa shape index (κ1) is 15.6. The predicted octanol–water partition coefficient (Wildman–Crippen LogP) is 4.26. The summed E-state index contributed by atoms with van der Waals surface area (Å²) in [6, 6.07) is 13.2. The summed E-state index contributed by atoms with van der Waals surface area (Å²) in [4.78, 5) is 12.4. The fraction of sp³-hybridized carbons (Fsp3) is 0.235. The first-order chi connectivity index (χ1) is 10.0. The van der Waals surface area contributed by atoms with Gasteiger partial charge >= 0.3 is 0 Å². The molecule has 0 saturated heterocycles. The van der Waals surface area contributed by atoms with Crippen LogP contribution in [0.5, 0.6) is 5.75 Å². The van der Waals surface area contributed by atoms with E-state index in [1.54, 1.807) is 7.11 Å². The van der Waals surface area contributed by atoms with E-state index >= 15 is 0 Å². The molecule has 0 radical (unpaired) electrons. The lowest BCUT2D eigenvalue weighted by Crippen LogP contribution is -2.27. The lowest BCUT2D eigenvalue weighted by atomic mass is 10.0. The molecular formula is C17H18BrNO2. The molecule has 0 heterocycles. The van der Waals surface area contributed by atoms with Crippen LogP contribution in [0.25, 0.3) is 0 Å². The number of hydrogen-bond donors (Lipinski definition) is 1. The smallest absolute Gasteiger partial charge is 0.252 e. The van der Waals surface area contributed by atoms with E-state index < -0.39 is 0 Å². The highest BCUT2D eigenvalue weighted by atomic mass is 79.9. The van der Waals surface area contributed by atoms with Crippen LogP contribution in [-0.2, 0) is 0 Å². The van der Waals surface area contributed by atoms with Crippen molar-refractivity contribution in [3.8, 4) is 5.75 Å². The highest BCUT2D eigenvalue weighted by Crippen LogP contribution is 2.25. The SMILES string of the molecule is COc1ccccc1C(C)NC(=O)c1cccc(Br)c1C. The van der Waals surface area contributed by atoms with E-state index in [-0.39, 0.29) is 11.9 Å². The van der Waals surface area contributed by atoms with Crippen molar-refractivity contribution < 1.29 is 9.53 Å². The Morgan fingerprint density at radius 2 is 1.90 bits per heavy atom. The van der Waals surface area contributed by atoms with Crippen molar-refractivity contribution in [2.45, 2.75) is 19.9 Å². The van der Waals surface area contributed by atoms with Crippen LogP contribution >= 0.6 is 15.9 Å². The third kappa shape index (κ3) is 3.45. The molecule has 0 fully saturated rings. The number of ether oxygens (including phenoxy) is 1. The molecule has 1 N–H and O–H groups in total. The Bertz CT molecular complexity index is 655. The summed E-state index contributed by atoms with van der Waals surface area (Å²) < 4.78 is 6.27. The van der Waals surface area contributed by atoms with E-state index in [9.17, 15) is 4.79 Å². The molecule has 1 atom stereocenters. The third-order valence-corrected chi connectivity index (χ3v) is 4.32. The van der Waals surface area contributed by atoms with E-state index in [0.717, 1.165) is 21.3 Å². The number of amides is 1. The first-order valence-corrected chi connectivity index (χ1v) is 7.52. The second-order valence-electron chi connectivity index (χ2n) is 4.85. The van der Waals surface area contributed by atoms with Crippen molar-refractivity contribution >= 4 is 21.8 Å². The van der Waals surface area contributed by atoms with Crippen LogP contribution in [0.2, 0.25) is 0 Å². The van der Waals surface area contributed by atoms with Crippen LogP contribution in [0.15, 0.2) is 46.9 Å². The molecule has 0 aliphatic heterocycles. The van der Waals surface area contributed by atoms with Gasteiger partial charge in [0.25, 0.3) is 5.91 Å². The van der Waals surface area contributed by atoms with Crippen molar-refractivity contribution in [1.82, 2.24) is 5.32 Å². The number of carbonyl (C=O) groups is 1. The quantitative estimate of drug-likeness (QED) is 0.897. The molecule has 4 heteroatoms. The predicted molar refractivity (Wildman–Crippen MR) is 87.8 cm³/mol. The van der Waals surface area contributed by atoms with Gasteiger partial charge in [-0.2, -0.15) is 0 Å². The van der Waals surface area contributed by atoms with Crippen molar-refractivity contribution in [1.29, 1.82) is 0 Å². The lowest BCUT2D eigenvalue weighted by molar-refractivity contribution is 0.0939. The zero-order chi connectivity index (χ0) is 15.4. The molecule has 21 heavy (non-hydrogen) atoms. The van der Waals surface area contributed by atoms with Gasteiger partial charge in [-0.1, -0.05) is 40.2 Å². The fourth-order valence-corrected chi connectivity index (χ4v) is 2.60. The van der Waals surface area contributed by atoms with Gasteiger partial charge in [-0.15, -0.1) is 0 Å². The molecule has 2 aromatic carbocycles. The molecule has 1 unspecified atom stereocenters. The number of rotatable bonds is 4. The molecule has 2 aromatic rings. The van der Waals surface area contributed by atoms with Crippen molar-refractivity contribution in [2.24, 2.45) is 0 Å². The summed E-state index contributed by atoms with van der Waals surface area (Å²) >= 11 is 3.45. The van der Waals surface area contributed by atoms with E-state index in [1.807, 2.05) is 56.3 Å². The molecule has 0 saturated carbocycles. The second kappa shape index (κ2) is 6.76. The van der Waals surface area contributed by atoms with Crippen LogP contribution in [0.4, 0.5) is 0 Å². The van der Waals surface area contributed by atoms with Crippen LogP contribution in [-0.4, -0.2) is 13.0 Å². The molecular weight excluding hydrogens is 330 g/mol. The Kier molecular flexibility index (Phi) is 5.02. The molecule has 2 rings (SSSR count). The minimum absolute atomic E-state index is 0.0905. The standard InChI is InChI=1S/C17H18BrNO2/c1-11-13(8-6-9-15(11)18)17(20)19-12(2)14-7-4-5-10-16(14)21-3/h4-10,12H,1-3H3,(H,19,20). The summed E-state index contributed by atoms with van der Waals surface area (Å²) in [6.07, 6.45) is 0. The topological polar surface area (TPSA) is 38.3 Å². The van der Waals surface area contributed by atoms with Gasteiger partial charge in [0.05, 0.1) is 13.2 Å². The van der Waals surface area contributed by atoms with Gasteiger partial charge in [0.2, 0.25) is 0 Å². The summed E-state index contributed by atoms with van der Waals surface area (Å²) in [5.41, 5.74) is 2.56. The maximum Gasteiger partial charge on any atom is 0.252 e. The zero-order valence-electron chi connectivity index (χ0n) is 12.3. The van der Waals surface area contributed by atoms with Crippen LogP contribution < -0.4 is 10.1 Å². The number of para-hydroxylation sites is 1. The summed E-state index contributed by atoms with van der Waals surface area (Å²) in [7, 11) is 1.63. The van der Waals surface area contributed by atoms with Crippen LogP contribution in [0.1, 0.15) is 34.5 Å². The number of hydrogen-bond acceptors (Lipinski definition) is 2. The Labute approximate surface area is 133 Å². The molecule has 1 amide bonds. The molecule has 110 valence electrons. The number of halogens is 1. The number of nitrogens with one attached hydrogen (secondary N) is 1. The number of carbonyl (C=O) groups excluding carboxylic acids is 1. The van der Waals surface area contributed by atoms with Gasteiger partial charge in [-0.3, -0.25) is 4.79 Å². The summed E-state index contributed by atoms with van der Waals surface area (Å²) in [6.45, 7) is 3.87. The molecule has 0 bridgehead atoms. The molecule has 3 nitrogen and oxygen atoms in total. The molecule has 0 aliphatic carbocycles. The van der Waals surface area contributed by atoms with Gasteiger partial charge in [0, 0.05) is 15.6 Å². The monoisotopic (exact) mass is 347 g/mol. The Balaban J connectivity index is 2.21. The van der Waals surface area contributed by atoms with E-state index in [0.29, 0.717) is 5.56 Å². The highest BCUT2D eigenvalue weighted by molar-refractivity contribution is 9.10. The van der Waals surface area contributed by atoms with Gasteiger partial charge < -0.3 is 10.1 Å². The third-order valence-electron chi connectivity index (χ3n) is 3.47. The first-order valence-electron chi connectivity index (χ1n) is 6.73. The molecule has 0 aromatic heterocycles. The zero-order valence-corrected chi connectivity index (χ0v) is 13.9. The minimum atomic E-state index is -0.132. The van der Waals surface area contributed by atoms with Gasteiger partial charge in [-0.25, -0.2) is 0 Å². The van der Waals surface area contributed by atoms with Crippen LogP contribution in [0, 0.1) is 6.92 Å². The van der Waals surface area contributed by atoms with E-state index in [4.69, 9.17) is 4.74 Å². The fourth-order valence-electron chi connectivity index (χ4n) is 2.23. The van der Waals surface area contributed by atoms with E-state index in [2.05, 4.69) is 21.2 Å². The number of methoxy groups -OCH3 is 1. The largest absolute Gasteiger partial charge is 0.496 e. The van der Waals surface area contributed by atoms with Gasteiger partial charge in [-0.05, 0) is 37.6 Å². The van der Waals surface area contributed by atoms with E-state index in [1.165, 1.54) is 0 Å². The highest BCUT2D eigenvalue weighted by Gasteiger charge is 2.16. The van der Waals surface area contributed by atoms with Crippen molar-refractivity contribution in [3.63, 3.8) is 0 Å². The lowest BCUT2D eigenvalue weighted by Gasteiger charge is -2.18. The Hall–Kier alpha value is -1.81. The average Bonchev–Trinajstić information content (AvgIpc) is 2.49. The van der Waals surface area contributed by atoms with Gasteiger partial charge in [0.15, 0.2) is 0 Å². The Morgan fingerprint density at radius 3 is 2.62 bits per heavy atom. The van der Waals surface area contributed by atoms with Crippen LogP contribution in [0.3, 0.4) is 0 Å². The minimum Gasteiger partial charge on any atom is -0.496 e. The van der Waals surface area contributed by atoms with Crippen molar-refractivity contribution in [3.05, 3.63) is 63.6 Å². The maximum absolute atomic E-state index is 12.4. The van der Waals surface area contributed by atoms with Gasteiger partial charge in [0.1, 0.15) is 5.75 Å². The molecule has 0 spiro atoms. The molecule has 0 aliphatic rings.